The molecule has 1 saturated carbocycles. The number of hydrogen-bond acceptors (Lipinski definition) is 1. The molecule has 0 heterocycles. The van der Waals surface area contributed by atoms with Crippen LogP contribution in [0.15, 0.2) is 28.7 Å². The minimum absolute atomic E-state index is 0.682. The highest BCUT2D eigenvalue weighted by Gasteiger charge is 2.23. The molecule has 0 aliphatic heterocycles. The van der Waals surface area contributed by atoms with Crippen LogP contribution in [-0.4, -0.2) is 13.6 Å². The molecule has 1 fully saturated rings. The van der Waals surface area contributed by atoms with Gasteiger partial charge in [0, 0.05) is 11.0 Å². The van der Waals surface area contributed by atoms with Crippen LogP contribution in [-0.2, 0) is 0 Å². The molecule has 1 aliphatic carbocycles. The van der Waals surface area contributed by atoms with Crippen molar-refractivity contribution in [3.63, 3.8) is 0 Å². The predicted molar refractivity (Wildman–Crippen MR) is 82.0 cm³/mol. The van der Waals surface area contributed by atoms with E-state index in [0.29, 0.717) is 5.92 Å². The summed E-state index contributed by atoms with van der Waals surface area (Å²) in [5.74, 6) is 1.54. The maximum Gasteiger partial charge on any atom is 0.0175 e. The summed E-state index contributed by atoms with van der Waals surface area (Å²) >= 11 is 3.53. The smallest absolute Gasteiger partial charge is 0.0175 e. The zero-order valence-corrected chi connectivity index (χ0v) is 12.9. The van der Waals surface area contributed by atoms with Crippen LogP contribution >= 0.6 is 15.9 Å². The van der Waals surface area contributed by atoms with Crippen LogP contribution in [0.3, 0.4) is 0 Å². The third-order valence-electron chi connectivity index (χ3n) is 4.19. The zero-order chi connectivity index (χ0) is 12.8. The fourth-order valence-corrected chi connectivity index (χ4v) is 3.46. The molecule has 1 aliphatic rings. The van der Waals surface area contributed by atoms with Gasteiger partial charge in [-0.1, -0.05) is 53.7 Å². The molecule has 1 aromatic rings. The molecule has 1 atom stereocenters. The highest BCUT2D eigenvalue weighted by Crippen LogP contribution is 2.35. The maximum absolute atomic E-state index is 3.53. The van der Waals surface area contributed by atoms with Crippen LogP contribution in [0.25, 0.3) is 0 Å². The van der Waals surface area contributed by atoms with Crippen molar-refractivity contribution < 1.29 is 0 Å². The topological polar surface area (TPSA) is 12.0 Å². The van der Waals surface area contributed by atoms with Crippen molar-refractivity contribution in [2.24, 2.45) is 5.92 Å². The van der Waals surface area contributed by atoms with E-state index in [4.69, 9.17) is 0 Å². The normalized spacial score (nSPS) is 19.4. The first-order valence-electron chi connectivity index (χ1n) is 7.21. The lowest BCUT2D eigenvalue weighted by molar-refractivity contribution is 0.367. The van der Waals surface area contributed by atoms with Crippen LogP contribution in [0.5, 0.6) is 0 Å². The minimum atomic E-state index is 0.682. The van der Waals surface area contributed by atoms with Gasteiger partial charge in [0.05, 0.1) is 0 Å². The molecule has 18 heavy (non-hydrogen) atoms. The van der Waals surface area contributed by atoms with Gasteiger partial charge >= 0.3 is 0 Å². The first kappa shape index (κ1) is 14.1. The number of benzene rings is 1. The predicted octanol–water partition coefficient (Wildman–Crippen LogP) is 4.72. The second kappa shape index (κ2) is 7.30. The average molecular weight is 310 g/mol. The van der Waals surface area contributed by atoms with Crippen molar-refractivity contribution in [1.82, 2.24) is 5.32 Å². The fraction of sp³-hybridized carbons (Fsp3) is 0.625. The fourth-order valence-electron chi connectivity index (χ4n) is 3.20. The van der Waals surface area contributed by atoms with Gasteiger partial charge in [-0.15, -0.1) is 0 Å². The Morgan fingerprint density at radius 3 is 2.28 bits per heavy atom. The minimum Gasteiger partial charge on any atom is -0.319 e. The Morgan fingerprint density at radius 1 is 1.11 bits per heavy atom. The molecule has 2 heteroatoms. The van der Waals surface area contributed by atoms with E-state index in [1.165, 1.54) is 48.6 Å². The molecular formula is C16H24BrN. The number of likely N-dealkylation sites (N-methyl/N-ethyl adjacent to an activating group) is 1. The average Bonchev–Trinajstić information content (AvgIpc) is 2.66. The second-order valence-electron chi connectivity index (χ2n) is 5.47. The molecule has 0 spiro atoms. The van der Waals surface area contributed by atoms with Gasteiger partial charge in [-0.25, -0.2) is 0 Å². The Kier molecular flexibility index (Phi) is 5.71. The van der Waals surface area contributed by atoms with Crippen LogP contribution in [0.2, 0.25) is 0 Å². The maximum atomic E-state index is 3.53. The van der Waals surface area contributed by atoms with Crippen LogP contribution in [0, 0.1) is 5.92 Å². The van der Waals surface area contributed by atoms with Gasteiger partial charge in [-0.3, -0.25) is 0 Å². The van der Waals surface area contributed by atoms with E-state index >= 15 is 0 Å². The van der Waals surface area contributed by atoms with Crippen LogP contribution < -0.4 is 5.32 Å². The summed E-state index contributed by atoms with van der Waals surface area (Å²) in [5, 5.41) is 3.39. The highest BCUT2D eigenvalue weighted by molar-refractivity contribution is 9.10. The lowest BCUT2D eigenvalue weighted by Gasteiger charge is -2.26. The molecule has 2 rings (SSSR count). The second-order valence-corrected chi connectivity index (χ2v) is 6.38. The van der Waals surface area contributed by atoms with Crippen molar-refractivity contribution in [2.45, 2.75) is 44.4 Å². The summed E-state index contributed by atoms with van der Waals surface area (Å²) in [6, 6.07) is 8.93. The van der Waals surface area contributed by atoms with E-state index in [1.807, 2.05) is 0 Å². The van der Waals surface area contributed by atoms with Crippen molar-refractivity contribution in [3.8, 4) is 0 Å². The largest absolute Gasteiger partial charge is 0.319 e. The first-order chi connectivity index (χ1) is 8.81. The van der Waals surface area contributed by atoms with E-state index < -0.39 is 0 Å². The summed E-state index contributed by atoms with van der Waals surface area (Å²) in [5.41, 5.74) is 1.50. The first-order valence-corrected chi connectivity index (χ1v) is 8.00. The molecule has 0 aromatic heterocycles. The summed E-state index contributed by atoms with van der Waals surface area (Å²) < 4.78 is 1.18. The molecule has 1 aromatic carbocycles. The van der Waals surface area contributed by atoms with Gasteiger partial charge < -0.3 is 5.32 Å². The Labute approximate surface area is 119 Å². The lowest BCUT2D eigenvalue weighted by atomic mass is 9.81. The summed E-state index contributed by atoms with van der Waals surface area (Å²) in [6.45, 7) is 1.10. The van der Waals surface area contributed by atoms with Crippen molar-refractivity contribution in [1.29, 1.82) is 0 Å². The molecule has 1 N–H and O–H groups in total. The quantitative estimate of drug-likeness (QED) is 0.793. The summed E-state index contributed by atoms with van der Waals surface area (Å²) in [6.07, 6.45) is 8.51. The molecule has 0 bridgehead atoms. The molecule has 0 radical (unpaired) electrons. The third kappa shape index (κ3) is 3.83. The Morgan fingerprint density at radius 2 is 1.72 bits per heavy atom. The van der Waals surface area contributed by atoms with E-state index in [1.54, 1.807) is 0 Å². The van der Waals surface area contributed by atoms with Gasteiger partial charge in [0.2, 0.25) is 0 Å². The van der Waals surface area contributed by atoms with Crippen LogP contribution in [0.4, 0.5) is 0 Å². The standard InChI is InChI=1S/C16H24BrN/c1-18-12-16(13-6-4-2-3-5-7-13)14-8-10-15(17)11-9-14/h8-11,13,16,18H,2-7,12H2,1H3. The molecular weight excluding hydrogens is 286 g/mol. The number of hydrogen-bond donors (Lipinski definition) is 1. The van der Waals surface area contributed by atoms with Gasteiger partial charge in [-0.05, 0) is 49.4 Å². The van der Waals surface area contributed by atoms with E-state index in [9.17, 15) is 0 Å². The lowest BCUT2D eigenvalue weighted by Crippen LogP contribution is -2.24. The van der Waals surface area contributed by atoms with E-state index in [-0.39, 0.29) is 0 Å². The molecule has 1 nitrogen and oxygen atoms in total. The number of halogens is 1. The van der Waals surface area contributed by atoms with E-state index in [0.717, 1.165) is 12.5 Å². The van der Waals surface area contributed by atoms with Crippen molar-refractivity contribution in [2.75, 3.05) is 13.6 Å². The third-order valence-corrected chi connectivity index (χ3v) is 4.72. The SMILES string of the molecule is CNCC(c1ccc(Br)cc1)C1CCCCCC1. The molecule has 100 valence electrons. The Balaban J connectivity index is 2.12. The molecule has 1 unspecified atom stereocenters. The summed E-state index contributed by atoms with van der Waals surface area (Å²) in [7, 11) is 2.07. The van der Waals surface area contributed by atoms with Gasteiger partial charge in [0.1, 0.15) is 0 Å². The highest BCUT2D eigenvalue weighted by atomic mass is 79.9. The molecule has 0 amide bonds. The van der Waals surface area contributed by atoms with E-state index in [2.05, 4.69) is 52.6 Å². The van der Waals surface area contributed by atoms with Crippen molar-refractivity contribution >= 4 is 15.9 Å². The molecule has 0 saturated heterocycles. The zero-order valence-electron chi connectivity index (χ0n) is 11.3. The monoisotopic (exact) mass is 309 g/mol. The van der Waals surface area contributed by atoms with Crippen molar-refractivity contribution in [3.05, 3.63) is 34.3 Å². The van der Waals surface area contributed by atoms with Crippen LogP contribution in [0.1, 0.15) is 50.0 Å². The number of nitrogens with one attached hydrogen (secondary N) is 1. The van der Waals surface area contributed by atoms with Gasteiger partial charge in [-0.2, -0.15) is 0 Å². The van der Waals surface area contributed by atoms with Gasteiger partial charge in [0.25, 0.3) is 0 Å². The Bertz CT molecular complexity index is 339. The van der Waals surface area contributed by atoms with Gasteiger partial charge in [0.15, 0.2) is 0 Å². The Hall–Kier alpha value is -0.340. The summed E-state index contributed by atoms with van der Waals surface area (Å²) in [4.78, 5) is 0. The number of rotatable bonds is 4.